The number of thiophene rings is 1. The molecule has 26 heavy (non-hydrogen) atoms. The average molecular weight is 395 g/mol. The topological polar surface area (TPSA) is 50.8 Å². The number of halogens is 1. The number of rotatable bonds is 7. The molecule has 1 amide bonds. The van der Waals surface area contributed by atoms with Crippen molar-refractivity contribution >= 4 is 28.8 Å². The molecule has 1 unspecified atom stereocenters. The van der Waals surface area contributed by atoms with Crippen molar-refractivity contribution < 1.29 is 14.3 Å². The Morgan fingerprint density at radius 2 is 2.08 bits per heavy atom. The summed E-state index contributed by atoms with van der Waals surface area (Å²) in [6, 6.07) is 5.57. The van der Waals surface area contributed by atoms with Gasteiger partial charge in [0.2, 0.25) is 0 Å². The van der Waals surface area contributed by atoms with E-state index in [4.69, 9.17) is 21.1 Å². The minimum Gasteiger partial charge on any atom is -0.486 e. The number of carbonyl (C=O) groups is 1. The van der Waals surface area contributed by atoms with E-state index in [-0.39, 0.29) is 11.9 Å². The van der Waals surface area contributed by atoms with Crippen LogP contribution in [0.2, 0.25) is 5.02 Å². The van der Waals surface area contributed by atoms with Gasteiger partial charge in [-0.2, -0.15) is 11.3 Å². The Morgan fingerprint density at radius 3 is 2.77 bits per heavy atom. The van der Waals surface area contributed by atoms with Crippen molar-refractivity contribution in [1.29, 1.82) is 0 Å². The van der Waals surface area contributed by atoms with Gasteiger partial charge in [0.25, 0.3) is 5.91 Å². The summed E-state index contributed by atoms with van der Waals surface area (Å²) in [7, 11) is 0. The summed E-state index contributed by atoms with van der Waals surface area (Å²) >= 11 is 7.91. The molecule has 7 heteroatoms. The van der Waals surface area contributed by atoms with Crippen LogP contribution in [0.4, 0.5) is 0 Å². The number of carbonyl (C=O) groups excluding carboxylic acids is 1. The zero-order valence-corrected chi connectivity index (χ0v) is 16.5. The normalized spacial score (nSPS) is 14.3. The second-order valence-corrected chi connectivity index (χ2v) is 7.17. The van der Waals surface area contributed by atoms with Crippen LogP contribution in [0.5, 0.6) is 11.5 Å². The molecule has 5 nitrogen and oxygen atoms in total. The Hall–Kier alpha value is -1.76. The molecule has 0 bridgehead atoms. The molecular weight excluding hydrogens is 372 g/mol. The highest BCUT2D eigenvalue weighted by atomic mass is 35.5. The van der Waals surface area contributed by atoms with Gasteiger partial charge in [0.15, 0.2) is 11.5 Å². The van der Waals surface area contributed by atoms with Gasteiger partial charge < -0.3 is 14.8 Å². The lowest BCUT2D eigenvalue weighted by Crippen LogP contribution is -2.38. The van der Waals surface area contributed by atoms with E-state index in [1.165, 1.54) is 5.56 Å². The maximum atomic E-state index is 12.7. The predicted octanol–water partition coefficient (Wildman–Crippen LogP) is 3.99. The molecule has 0 fully saturated rings. The monoisotopic (exact) mass is 394 g/mol. The van der Waals surface area contributed by atoms with E-state index in [9.17, 15) is 4.79 Å². The first-order chi connectivity index (χ1) is 12.6. The Labute approximate surface area is 162 Å². The van der Waals surface area contributed by atoms with Crippen LogP contribution >= 0.6 is 22.9 Å². The van der Waals surface area contributed by atoms with Crippen LogP contribution < -0.4 is 14.8 Å². The van der Waals surface area contributed by atoms with Crippen molar-refractivity contribution in [3.8, 4) is 11.5 Å². The first kappa shape index (κ1) is 19.0. The number of amides is 1. The zero-order chi connectivity index (χ0) is 18.5. The highest BCUT2D eigenvalue weighted by Gasteiger charge is 2.22. The summed E-state index contributed by atoms with van der Waals surface area (Å²) in [5.74, 6) is 0.858. The van der Waals surface area contributed by atoms with E-state index in [0.29, 0.717) is 41.8 Å². The summed E-state index contributed by atoms with van der Waals surface area (Å²) < 4.78 is 11.1. The van der Waals surface area contributed by atoms with Gasteiger partial charge >= 0.3 is 0 Å². The van der Waals surface area contributed by atoms with Gasteiger partial charge in [-0.3, -0.25) is 9.69 Å². The molecule has 0 spiro atoms. The number of likely N-dealkylation sites (N-methyl/N-ethyl adjacent to an activating group) is 1. The largest absolute Gasteiger partial charge is 0.486 e. The van der Waals surface area contributed by atoms with E-state index in [2.05, 4.69) is 40.9 Å². The molecule has 2 heterocycles. The average Bonchev–Trinajstić information content (AvgIpc) is 3.19. The number of ether oxygens (including phenoxy) is 2. The van der Waals surface area contributed by atoms with E-state index >= 15 is 0 Å². The molecule has 0 aliphatic carbocycles. The highest BCUT2D eigenvalue weighted by Crippen LogP contribution is 2.38. The number of nitrogens with one attached hydrogen (secondary N) is 1. The van der Waals surface area contributed by atoms with Gasteiger partial charge in [-0.15, -0.1) is 0 Å². The SMILES string of the molecule is CCN(CC)C(CNC(=O)c1cc(Cl)c2c(c1)OCCO2)c1ccsc1. The Balaban J connectivity index is 1.73. The van der Waals surface area contributed by atoms with Crippen molar-refractivity contribution in [2.45, 2.75) is 19.9 Å². The molecule has 2 aromatic rings. The number of benzene rings is 1. The summed E-state index contributed by atoms with van der Waals surface area (Å²) in [5, 5.41) is 7.63. The van der Waals surface area contributed by atoms with Gasteiger partial charge in [0.1, 0.15) is 13.2 Å². The highest BCUT2D eigenvalue weighted by molar-refractivity contribution is 7.08. The first-order valence-corrected chi connectivity index (χ1v) is 10.1. The molecule has 1 atom stereocenters. The van der Waals surface area contributed by atoms with Crippen molar-refractivity contribution in [2.24, 2.45) is 0 Å². The van der Waals surface area contributed by atoms with Crippen LogP contribution in [0.3, 0.4) is 0 Å². The number of hydrogen-bond acceptors (Lipinski definition) is 5. The quantitative estimate of drug-likeness (QED) is 0.771. The lowest BCUT2D eigenvalue weighted by Gasteiger charge is -2.29. The van der Waals surface area contributed by atoms with Crippen LogP contribution in [0.25, 0.3) is 0 Å². The van der Waals surface area contributed by atoms with Crippen molar-refractivity contribution in [3.05, 3.63) is 45.1 Å². The van der Waals surface area contributed by atoms with E-state index in [1.54, 1.807) is 23.5 Å². The van der Waals surface area contributed by atoms with Crippen LogP contribution in [-0.4, -0.2) is 43.7 Å². The van der Waals surface area contributed by atoms with Gasteiger partial charge in [-0.1, -0.05) is 25.4 Å². The second kappa shape index (κ2) is 8.75. The van der Waals surface area contributed by atoms with E-state index in [1.807, 2.05) is 0 Å². The molecule has 1 aromatic heterocycles. The minimum absolute atomic E-state index is 0.146. The van der Waals surface area contributed by atoms with Crippen LogP contribution in [0.1, 0.15) is 35.8 Å². The van der Waals surface area contributed by atoms with Crippen molar-refractivity contribution in [3.63, 3.8) is 0 Å². The fourth-order valence-electron chi connectivity index (χ4n) is 3.12. The fraction of sp³-hybridized carbons (Fsp3) is 0.421. The van der Waals surface area contributed by atoms with Crippen molar-refractivity contribution in [1.82, 2.24) is 10.2 Å². The Kier molecular flexibility index (Phi) is 6.40. The number of nitrogens with zero attached hydrogens (tertiary/aromatic N) is 1. The zero-order valence-electron chi connectivity index (χ0n) is 15.0. The minimum atomic E-state index is -0.170. The summed E-state index contributed by atoms with van der Waals surface area (Å²) in [4.78, 5) is 15.0. The molecule has 0 radical (unpaired) electrons. The first-order valence-electron chi connectivity index (χ1n) is 8.77. The van der Waals surface area contributed by atoms with Crippen LogP contribution in [-0.2, 0) is 0 Å². The molecule has 1 aliphatic rings. The Morgan fingerprint density at radius 1 is 1.31 bits per heavy atom. The lowest BCUT2D eigenvalue weighted by atomic mass is 10.1. The molecule has 1 N–H and O–H groups in total. The molecule has 1 aliphatic heterocycles. The second-order valence-electron chi connectivity index (χ2n) is 5.99. The van der Waals surface area contributed by atoms with E-state index in [0.717, 1.165) is 13.1 Å². The molecule has 3 rings (SSSR count). The third-order valence-corrected chi connectivity index (χ3v) is 5.48. The lowest BCUT2D eigenvalue weighted by molar-refractivity contribution is 0.0934. The number of hydrogen-bond donors (Lipinski definition) is 1. The fourth-order valence-corrected chi connectivity index (χ4v) is 4.09. The summed E-state index contributed by atoms with van der Waals surface area (Å²) in [6.07, 6.45) is 0. The maximum absolute atomic E-state index is 12.7. The van der Waals surface area contributed by atoms with Crippen LogP contribution in [0.15, 0.2) is 29.0 Å². The van der Waals surface area contributed by atoms with Gasteiger partial charge in [-0.05, 0) is 47.6 Å². The third kappa shape index (κ3) is 4.14. The Bertz CT molecular complexity index is 747. The summed E-state index contributed by atoms with van der Waals surface area (Å²) in [6.45, 7) is 7.55. The molecule has 0 saturated heterocycles. The van der Waals surface area contributed by atoms with Crippen LogP contribution in [0, 0.1) is 0 Å². The van der Waals surface area contributed by atoms with Gasteiger partial charge in [0, 0.05) is 12.1 Å². The third-order valence-electron chi connectivity index (χ3n) is 4.50. The molecule has 140 valence electrons. The maximum Gasteiger partial charge on any atom is 0.251 e. The molecule has 0 saturated carbocycles. The summed E-state index contributed by atoms with van der Waals surface area (Å²) in [5.41, 5.74) is 1.70. The predicted molar refractivity (Wildman–Crippen MR) is 105 cm³/mol. The standard InChI is InChI=1S/C19H23ClN2O3S/c1-3-22(4-2)16(13-5-8-26-12-13)11-21-19(23)14-9-15(20)18-17(10-14)24-6-7-25-18/h5,8-10,12,16H,3-4,6-7,11H2,1-2H3,(H,21,23). The smallest absolute Gasteiger partial charge is 0.251 e. The molecular formula is C19H23ClN2O3S. The van der Waals surface area contributed by atoms with Gasteiger partial charge in [0.05, 0.1) is 11.1 Å². The van der Waals surface area contributed by atoms with E-state index < -0.39 is 0 Å². The van der Waals surface area contributed by atoms with Gasteiger partial charge in [-0.25, -0.2) is 0 Å². The van der Waals surface area contributed by atoms with Crippen molar-refractivity contribution in [2.75, 3.05) is 32.8 Å². The number of fused-ring (bicyclic) bond motifs is 1. The molecule has 1 aromatic carbocycles.